The molecule has 3 heteroatoms. The van der Waals surface area contributed by atoms with Crippen molar-refractivity contribution >= 4 is 0 Å². The molecule has 0 unspecified atom stereocenters. The third-order valence-electron chi connectivity index (χ3n) is 3.16. The fraction of sp³-hybridized carbons (Fsp3) is 0.538. The molecule has 1 heterocycles. The smallest absolute Gasteiger partial charge is 0.0957 e. The normalized spacial score (nSPS) is 26.9. The Bertz CT molecular complexity index is 315. The summed E-state index contributed by atoms with van der Waals surface area (Å²) in [6.45, 7) is 2.69. The van der Waals surface area contributed by atoms with Gasteiger partial charge in [-0.1, -0.05) is 30.3 Å². The van der Waals surface area contributed by atoms with E-state index < -0.39 is 0 Å². The number of piperidine rings is 1. The van der Waals surface area contributed by atoms with Gasteiger partial charge in [-0.3, -0.25) is 4.90 Å². The van der Waals surface area contributed by atoms with Crippen LogP contribution in [0.25, 0.3) is 0 Å². The lowest BCUT2D eigenvalue weighted by Gasteiger charge is -2.35. The van der Waals surface area contributed by atoms with Gasteiger partial charge < -0.3 is 9.84 Å². The summed E-state index contributed by atoms with van der Waals surface area (Å²) in [6, 6.07) is 10.4. The summed E-state index contributed by atoms with van der Waals surface area (Å²) in [7, 11) is 1.67. The lowest BCUT2D eigenvalue weighted by atomic mass is 10.0. The topological polar surface area (TPSA) is 32.7 Å². The van der Waals surface area contributed by atoms with Crippen LogP contribution in [0.15, 0.2) is 30.3 Å². The number of nitrogens with zero attached hydrogens (tertiary/aromatic N) is 1. The maximum Gasteiger partial charge on any atom is 0.0957 e. The Balaban J connectivity index is 1.92. The minimum absolute atomic E-state index is 0.0440. The summed E-state index contributed by atoms with van der Waals surface area (Å²) in [5, 5.41) is 9.70. The van der Waals surface area contributed by atoms with Gasteiger partial charge in [-0.2, -0.15) is 0 Å². The lowest BCUT2D eigenvalue weighted by Crippen LogP contribution is -2.47. The lowest BCUT2D eigenvalue weighted by molar-refractivity contribution is -0.0625. The van der Waals surface area contributed by atoms with Gasteiger partial charge in [0.1, 0.15) is 0 Å². The first-order valence-electron chi connectivity index (χ1n) is 5.76. The quantitative estimate of drug-likeness (QED) is 0.834. The number of aliphatic hydroxyl groups excluding tert-OH is 1. The van der Waals surface area contributed by atoms with E-state index in [2.05, 4.69) is 29.2 Å². The largest absolute Gasteiger partial charge is 0.390 e. The molecule has 2 atom stereocenters. The van der Waals surface area contributed by atoms with Gasteiger partial charge in [-0.15, -0.1) is 0 Å². The van der Waals surface area contributed by atoms with E-state index in [1.807, 2.05) is 6.07 Å². The van der Waals surface area contributed by atoms with Gasteiger partial charge in [0, 0.05) is 26.7 Å². The summed E-state index contributed by atoms with van der Waals surface area (Å²) in [5.74, 6) is 0. The molecule has 1 aromatic carbocycles. The number of methoxy groups -OCH3 is 1. The van der Waals surface area contributed by atoms with Crippen LogP contribution in [0.5, 0.6) is 0 Å². The second-order valence-electron chi connectivity index (χ2n) is 4.35. The molecule has 0 aliphatic carbocycles. The third-order valence-corrected chi connectivity index (χ3v) is 3.16. The van der Waals surface area contributed by atoms with Crippen LogP contribution in [-0.2, 0) is 11.3 Å². The fourth-order valence-electron chi connectivity index (χ4n) is 2.19. The number of ether oxygens (including phenoxy) is 1. The standard InChI is InChI=1S/C13H19NO2/c1-16-13-10-14(8-7-12(13)15)9-11-5-3-2-4-6-11/h2-6,12-13,15H,7-10H2,1H3/t12-,13+/m0/s1. The number of aliphatic hydroxyl groups is 1. The first-order valence-corrected chi connectivity index (χ1v) is 5.76. The van der Waals surface area contributed by atoms with Crippen molar-refractivity contribution in [3.63, 3.8) is 0 Å². The second kappa shape index (κ2) is 5.43. The molecule has 1 N–H and O–H groups in total. The second-order valence-corrected chi connectivity index (χ2v) is 4.35. The van der Waals surface area contributed by atoms with E-state index in [1.165, 1.54) is 5.56 Å². The Labute approximate surface area is 96.6 Å². The van der Waals surface area contributed by atoms with Crippen molar-refractivity contribution in [1.29, 1.82) is 0 Å². The van der Waals surface area contributed by atoms with Gasteiger partial charge in [0.2, 0.25) is 0 Å². The van der Waals surface area contributed by atoms with Gasteiger partial charge in [0.25, 0.3) is 0 Å². The minimum Gasteiger partial charge on any atom is -0.390 e. The molecular formula is C13H19NO2. The molecule has 0 aromatic heterocycles. The van der Waals surface area contributed by atoms with Gasteiger partial charge >= 0.3 is 0 Å². The van der Waals surface area contributed by atoms with Crippen molar-refractivity contribution in [1.82, 2.24) is 4.90 Å². The Kier molecular flexibility index (Phi) is 3.93. The molecule has 88 valence electrons. The first-order chi connectivity index (χ1) is 7.79. The highest BCUT2D eigenvalue weighted by atomic mass is 16.5. The molecule has 0 amide bonds. The summed E-state index contributed by atoms with van der Waals surface area (Å²) < 4.78 is 5.28. The Morgan fingerprint density at radius 2 is 2.12 bits per heavy atom. The zero-order valence-corrected chi connectivity index (χ0v) is 9.67. The number of hydrogen-bond donors (Lipinski definition) is 1. The minimum atomic E-state index is -0.308. The zero-order chi connectivity index (χ0) is 11.4. The van der Waals surface area contributed by atoms with Crippen LogP contribution in [0.2, 0.25) is 0 Å². The van der Waals surface area contributed by atoms with Gasteiger partial charge in [0.15, 0.2) is 0 Å². The van der Waals surface area contributed by atoms with Gasteiger partial charge in [-0.25, -0.2) is 0 Å². The van der Waals surface area contributed by atoms with Crippen molar-refractivity contribution in [2.24, 2.45) is 0 Å². The SMILES string of the molecule is CO[C@@H]1CN(Cc2ccccc2)CC[C@@H]1O. The average Bonchev–Trinajstić information content (AvgIpc) is 2.33. The van der Waals surface area contributed by atoms with Crippen LogP contribution < -0.4 is 0 Å². The van der Waals surface area contributed by atoms with E-state index in [4.69, 9.17) is 4.74 Å². The first kappa shape index (κ1) is 11.6. The highest BCUT2D eigenvalue weighted by Gasteiger charge is 2.27. The highest BCUT2D eigenvalue weighted by Crippen LogP contribution is 2.15. The fourth-order valence-corrected chi connectivity index (χ4v) is 2.19. The summed E-state index contributed by atoms with van der Waals surface area (Å²) >= 11 is 0. The number of likely N-dealkylation sites (tertiary alicyclic amines) is 1. The molecule has 0 saturated carbocycles. The molecule has 0 bridgehead atoms. The van der Waals surface area contributed by atoms with Crippen molar-refractivity contribution in [2.75, 3.05) is 20.2 Å². The summed E-state index contributed by atoms with van der Waals surface area (Å²) in [6.07, 6.45) is 0.445. The molecule has 3 nitrogen and oxygen atoms in total. The zero-order valence-electron chi connectivity index (χ0n) is 9.67. The Morgan fingerprint density at radius 1 is 1.38 bits per heavy atom. The van der Waals surface area contributed by atoms with E-state index in [9.17, 15) is 5.11 Å². The van der Waals surface area contributed by atoms with Crippen LogP contribution in [0, 0.1) is 0 Å². The van der Waals surface area contributed by atoms with E-state index in [0.29, 0.717) is 0 Å². The van der Waals surface area contributed by atoms with Crippen molar-refractivity contribution < 1.29 is 9.84 Å². The van der Waals surface area contributed by atoms with Crippen LogP contribution in [0.4, 0.5) is 0 Å². The molecule has 2 rings (SSSR count). The van der Waals surface area contributed by atoms with E-state index >= 15 is 0 Å². The van der Waals surface area contributed by atoms with Gasteiger partial charge in [-0.05, 0) is 12.0 Å². The van der Waals surface area contributed by atoms with Gasteiger partial charge in [0.05, 0.1) is 12.2 Å². The maximum atomic E-state index is 9.70. The number of rotatable bonds is 3. The van der Waals surface area contributed by atoms with Crippen LogP contribution >= 0.6 is 0 Å². The monoisotopic (exact) mass is 221 g/mol. The van der Waals surface area contributed by atoms with Crippen molar-refractivity contribution in [3.05, 3.63) is 35.9 Å². The predicted octanol–water partition coefficient (Wildman–Crippen LogP) is 1.27. The maximum absolute atomic E-state index is 9.70. The van der Waals surface area contributed by atoms with E-state index in [-0.39, 0.29) is 12.2 Å². The van der Waals surface area contributed by atoms with Crippen LogP contribution in [0.1, 0.15) is 12.0 Å². The molecule has 1 saturated heterocycles. The summed E-state index contributed by atoms with van der Waals surface area (Å²) in [4.78, 5) is 2.33. The molecule has 1 aromatic rings. The molecule has 16 heavy (non-hydrogen) atoms. The number of hydrogen-bond acceptors (Lipinski definition) is 3. The Hall–Kier alpha value is -0.900. The predicted molar refractivity (Wildman–Crippen MR) is 63.1 cm³/mol. The van der Waals surface area contributed by atoms with E-state index in [1.54, 1.807) is 7.11 Å². The number of benzene rings is 1. The highest BCUT2D eigenvalue weighted by molar-refractivity contribution is 5.14. The van der Waals surface area contributed by atoms with Crippen LogP contribution in [-0.4, -0.2) is 42.4 Å². The molecule has 0 spiro atoms. The molecule has 0 radical (unpaired) electrons. The molecule has 1 aliphatic heterocycles. The van der Waals surface area contributed by atoms with E-state index in [0.717, 1.165) is 26.1 Å². The third kappa shape index (κ3) is 2.82. The Morgan fingerprint density at radius 3 is 2.81 bits per heavy atom. The summed E-state index contributed by atoms with van der Waals surface area (Å²) in [5.41, 5.74) is 1.31. The van der Waals surface area contributed by atoms with Crippen molar-refractivity contribution in [2.45, 2.75) is 25.2 Å². The van der Waals surface area contributed by atoms with Crippen LogP contribution in [0.3, 0.4) is 0 Å². The van der Waals surface area contributed by atoms with Crippen molar-refractivity contribution in [3.8, 4) is 0 Å². The molecule has 1 aliphatic rings. The average molecular weight is 221 g/mol. The molecule has 1 fully saturated rings. The molecular weight excluding hydrogens is 202 g/mol.